The van der Waals surface area contributed by atoms with Crippen LogP contribution in [0.2, 0.25) is 0 Å². The van der Waals surface area contributed by atoms with E-state index in [4.69, 9.17) is 16.2 Å². The van der Waals surface area contributed by atoms with Crippen LogP contribution in [0.4, 0.5) is 29.7 Å². The summed E-state index contributed by atoms with van der Waals surface area (Å²) < 4.78 is 43.1. The lowest BCUT2D eigenvalue weighted by Crippen LogP contribution is -2.33. The number of amides is 1. The first-order chi connectivity index (χ1) is 9.51. The van der Waals surface area contributed by atoms with Crippen LogP contribution in [0.15, 0.2) is 6.20 Å². The lowest BCUT2D eigenvalue weighted by molar-refractivity contribution is -0.137. The van der Waals surface area contributed by atoms with Gasteiger partial charge in [-0.2, -0.15) is 18.2 Å². The van der Waals surface area contributed by atoms with Gasteiger partial charge in [0.2, 0.25) is 5.95 Å². The highest BCUT2D eigenvalue weighted by Crippen LogP contribution is 2.33. The summed E-state index contributed by atoms with van der Waals surface area (Å²) in [6.45, 7) is 3.23. The Balaban J connectivity index is 2.76. The van der Waals surface area contributed by atoms with Gasteiger partial charge in [-0.1, -0.05) is 0 Å². The lowest BCUT2D eigenvalue weighted by atomic mass is 10.1. The Hall–Kier alpha value is -2.26. The van der Waals surface area contributed by atoms with E-state index >= 15 is 0 Å². The summed E-state index contributed by atoms with van der Waals surface area (Å²) in [6, 6.07) is 0. The van der Waals surface area contributed by atoms with E-state index in [0.29, 0.717) is 6.20 Å². The minimum atomic E-state index is -4.60. The fraction of sp³-hybridized carbons (Fsp3) is 0.545. The van der Waals surface area contributed by atoms with E-state index in [2.05, 4.69) is 15.3 Å². The number of rotatable bonds is 5. The smallest absolute Gasteiger partial charge is 0.421 e. The molecule has 1 amide bonds. The lowest BCUT2D eigenvalue weighted by Gasteiger charge is -2.24. The second kappa shape index (κ2) is 6.02. The molecule has 0 unspecified atom stereocenters. The third-order valence-corrected chi connectivity index (χ3v) is 2.51. The Kier molecular flexibility index (Phi) is 4.81. The van der Waals surface area contributed by atoms with Crippen molar-refractivity contribution < 1.29 is 22.7 Å². The van der Waals surface area contributed by atoms with Crippen molar-refractivity contribution >= 4 is 17.9 Å². The Morgan fingerprint density at radius 2 is 2.05 bits per heavy atom. The van der Waals surface area contributed by atoms with Crippen LogP contribution in [0.3, 0.4) is 0 Å². The quantitative estimate of drug-likeness (QED) is 0.763. The van der Waals surface area contributed by atoms with E-state index in [1.54, 1.807) is 13.8 Å². The topological polar surface area (TPSA) is 116 Å². The Labute approximate surface area is 118 Å². The first-order valence-corrected chi connectivity index (χ1v) is 5.93. The zero-order valence-corrected chi connectivity index (χ0v) is 11.5. The number of nitrogens with two attached hydrogens (primary N) is 2. The van der Waals surface area contributed by atoms with Gasteiger partial charge in [0.1, 0.15) is 17.0 Å². The van der Waals surface area contributed by atoms with Crippen molar-refractivity contribution in [3.8, 4) is 0 Å². The van der Waals surface area contributed by atoms with E-state index in [-0.39, 0.29) is 18.9 Å². The highest BCUT2D eigenvalue weighted by molar-refractivity contribution is 5.65. The summed E-state index contributed by atoms with van der Waals surface area (Å²) in [4.78, 5) is 17.5. The van der Waals surface area contributed by atoms with Gasteiger partial charge in [0, 0.05) is 19.2 Å². The average Bonchev–Trinajstić information content (AvgIpc) is 2.24. The molecule has 7 nitrogen and oxygen atoms in total. The number of nitrogens with zero attached hydrogens (tertiary/aromatic N) is 2. The highest BCUT2D eigenvalue weighted by Gasteiger charge is 2.35. The summed E-state index contributed by atoms with van der Waals surface area (Å²) in [5.41, 5.74) is 8.23. The number of carbonyl (C=O) groups excluding carboxylic acids is 1. The number of anilines is 2. The molecule has 0 aromatic carbocycles. The van der Waals surface area contributed by atoms with Crippen molar-refractivity contribution in [3.05, 3.63) is 11.8 Å². The molecule has 0 fully saturated rings. The summed E-state index contributed by atoms with van der Waals surface area (Å²) in [6.07, 6.45) is -4.73. The van der Waals surface area contributed by atoms with Gasteiger partial charge in [0.05, 0.1) is 0 Å². The van der Waals surface area contributed by atoms with Crippen LogP contribution in [0.5, 0.6) is 0 Å². The molecule has 0 bridgehead atoms. The summed E-state index contributed by atoms with van der Waals surface area (Å²) in [5.74, 6) is -0.706. The van der Waals surface area contributed by atoms with Crippen LogP contribution in [0, 0.1) is 0 Å². The zero-order chi connectivity index (χ0) is 16.3. The van der Waals surface area contributed by atoms with Crippen molar-refractivity contribution in [2.75, 3.05) is 17.6 Å². The van der Waals surface area contributed by atoms with Gasteiger partial charge in [0.15, 0.2) is 0 Å². The van der Waals surface area contributed by atoms with E-state index in [1.807, 2.05) is 0 Å². The molecule has 118 valence electrons. The fourth-order valence-electron chi connectivity index (χ4n) is 1.54. The molecule has 1 rings (SSSR count). The van der Waals surface area contributed by atoms with Gasteiger partial charge >= 0.3 is 12.3 Å². The van der Waals surface area contributed by atoms with Crippen LogP contribution < -0.4 is 16.8 Å². The third-order valence-electron chi connectivity index (χ3n) is 2.51. The number of primary amides is 1. The van der Waals surface area contributed by atoms with E-state index < -0.39 is 29.3 Å². The Morgan fingerprint density at radius 3 is 2.57 bits per heavy atom. The molecule has 0 aliphatic rings. The number of nitrogens with one attached hydrogen (secondary N) is 1. The number of ether oxygens (including phenoxy) is 1. The minimum Gasteiger partial charge on any atom is -0.444 e. The number of halogens is 3. The second-order valence-corrected chi connectivity index (χ2v) is 4.85. The third kappa shape index (κ3) is 5.32. The Bertz CT molecular complexity index is 519. The van der Waals surface area contributed by atoms with Gasteiger partial charge in [-0.3, -0.25) is 0 Å². The molecule has 0 aliphatic heterocycles. The second-order valence-electron chi connectivity index (χ2n) is 4.85. The molecule has 1 aromatic heterocycles. The molecule has 0 saturated carbocycles. The molecular weight excluding hydrogens is 291 g/mol. The van der Waals surface area contributed by atoms with Gasteiger partial charge in [-0.25, -0.2) is 9.78 Å². The van der Waals surface area contributed by atoms with E-state index in [9.17, 15) is 18.0 Å². The predicted molar refractivity (Wildman–Crippen MR) is 69.3 cm³/mol. The van der Waals surface area contributed by atoms with Crippen LogP contribution in [0.1, 0.15) is 25.8 Å². The predicted octanol–water partition coefficient (Wildman–Crippen LogP) is 1.75. The van der Waals surface area contributed by atoms with Crippen LogP contribution in [-0.4, -0.2) is 28.2 Å². The summed E-state index contributed by atoms with van der Waals surface area (Å²) >= 11 is 0. The zero-order valence-electron chi connectivity index (χ0n) is 11.5. The van der Waals surface area contributed by atoms with Crippen LogP contribution in [0.25, 0.3) is 0 Å². The Morgan fingerprint density at radius 1 is 1.43 bits per heavy atom. The molecule has 0 radical (unpaired) electrons. The van der Waals surface area contributed by atoms with Crippen molar-refractivity contribution in [1.29, 1.82) is 0 Å². The van der Waals surface area contributed by atoms with Crippen molar-refractivity contribution in [2.24, 2.45) is 5.73 Å². The molecule has 0 aliphatic carbocycles. The summed E-state index contributed by atoms with van der Waals surface area (Å²) in [7, 11) is 0. The molecule has 1 aromatic rings. The molecule has 5 N–H and O–H groups in total. The van der Waals surface area contributed by atoms with Crippen molar-refractivity contribution in [3.63, 3.8) is 0 Å². The van der Waals surface area contributed by atoms with Gasteiger partial charge in [0.25, 0.3) is 0 Å². The van der Waals surface area contributed by atoms with Gasteiger partial charge in [-0.15, -0.1) is 0 Å². The molecule has 10 heteroatoms. The number of nitrogen functional groups attached to an aromatic ring is 1. The number of carbonyl (C=O) groups is 1. The van der Waals surface area contributed by atoms with Gasteiger partial charge < -0.3 is 21.5 Å². The van der Waals surface area contributed by atoms with Gasteiger partial charge in [-0.05, 0) is 13.8 Å². The van der Waals surface area contributed by atoms with Crippen molar-refractivity contribution in [1.82, 2.24) is 9.97 Å². The van der Waals surface area contributed by atoms with E-state index in [1.165, 1.54) is 0 Å². The summed E-state index contributed by atoms with van der Waals surface area (Å²) in [5, 5.41) is 2.51. The molecular formula is C11H16F3N5O2. The SMILES string of the molecule is CC(C)(CCNc1nc(N)ncc1C(F)(F)F)OC(N)=O. The maximum absolute atomic E-state index is 12.8. The maximum Gasteiger partial charge on any atom is 0.421 e. The van der Waals surface area contributed by atoms with E-state index in [0.717, 1.165) is 0 Å². The number of alkyl halides is 3. The average molecular weight is 307 g/mol. The molecule has 21 heavy (non-hydrogen) atoms. The first kappa shape index (κ1) is 16.8. The number of aromatic nitrogens is 2. The molecule has 0 spiro atoms. The molecule has 1 heterocycles. The highest BCUT2D eigenvalue weighted by atomic mass is 19.4. The largest absolute Gasteiger partial charge is 0.444 e. The fourth-order valence-corrected chi connectivity index (χ4v) is 1.54. The number of hydrogen-bond donors (Lipinski definition) is 3. The molecule has 0 atom stereocenters. The maximum atomic E-state index is 12.8. The monoisotopic (exact) mass is 307 g/mol. The normalized spacial score (nSPS) is 12.0. The number of hydrogen-bond acceptors (Lipinski definition) is 6. The minimum absolute atomic E-state index is 0.0693. The van der Waals surface area contributed by atoms with Crippen LogP contribution >= 0.6 is 0 Å². The standard InChI is InChI=1S/C11H16F3N5O2/c1-10(2,21-9(16)20)3-4-17-7-6(11(12,13)14)5-18-8(15)19-7/h5H,3-4H2,1-2H3,(H2,16,20)(H3,15,17,18,19). The van der Waals surface area contributed by atoms with Crippen molar-refractivity contribution in [2.45, 2.75) is 32.0 Å². The van der Waals surface area contributed by atoms with Crippen LogP contribution in [-0.2, 0) is 10.9 Å². The molecule has 0 saturated heterocycles. The first-order valence-electron chi connectivity index (χ1n) is 5.93.